The topological polar surface area (TPSA) is 105 Å². The molecular weight excluding hydrogens is 242 g/mol. The molecule has 1 atom stereocenters. The zero-order valence-corrected chi connectivity index (χ0v) is 10.6. The van der Waals surface area contributed by atoms with Crippen LogP contribution in [0.15, 0.2) is 23.2 Å². The molecule has 0 aliphatic rings. The van der Waals surface area contributed by atoms with E-state index in [9.17, 15) is 8.42 Å². The maximum absolute atomic E-state index is 11.9. The predicted molar refractivity (Wildman–Crippen MR) is 64.7 cm³/mol. The van der Waals surface area contributed by atoms with Gasteiger partial charge in [0.2, 0.25) is 10.0 Å². The number of aromatic nitrogens is 1. The Morgan fingerprint density at radius 3 is 2.53 bits per heavy atom. The average Bonchev–Trinajstić information content (AvgIpc) is 2.26. The number of rotatable bonds is 5. The second-order valence-electron chi connectivity index (χ2n) is 4.07. The van der Waals surface area contributed by atoms with E-state index < -0.39 is 16.1 Å². The van der Waals surface area contributed by atoms with Crippen molar-refractivity contribution in [3.8, 4) is 0 Å². The van der Waals surface area contributed by atoms with Crippen LogP contribution in [-0.4, -0.2) is 31.2 Å². The van der Waals surface area contributed by atoms with Crippen LogP contribution in [0.3, 0.4) is 0 Å². The van der Waals surface area contributed by atoms with Crippen LogP contribution in [0, 0.1) is 5.92 Å². The molecule has 17 heavy (non-hydrogen) atoms. The highest BCUT2D eigenvalue weighted by Crippen LogP contribution is 2.11. The van der Waals surface area contributed by atoms with Crippen molar-refractivity contribution in [1.82, 2.24) is 9.71 Å². The van der Waals surface area contributed by atoms with E-state index in [1.54, 1.807) is 0 Å². The number of pyridine rings is 1. The number of sulfonamides is 1. The Kier molecular flexibility index (Phi) is 4.44. The fourth-order valence-corrected chi connectivity index (χ4v) is 2.52. The summed E-state index contributed by atoms with van der Waals surface area (Å²) in [5, 5.41) is 9.09. The normalized spacial score (nSPS) is 13.9. The zero-order chi connectivity index (χ0) is 13.1. The first kappa shape index (κ1) is 13.9. The molecule has 0 bridgehead atoms. The minimum absolute atomic E-state index is 0.00323. The Bertz CT molecular complexity index is 456. The van der Waals surface area contributed by atoms with Crippen molar-refractivity contribution in [3.05, 3.63) is 18.3 Å². The summed E-state index contributed by atoms with van der Waals surface area (Å²) < 4.78 is 26.2. The van der Waals surface area contributed by atoms with E-state index in [2.05, 4.69) is 9.71 Å². The Hall–Kier alpha value is -1.18. The summed E-state index contributed by atoms with van der Waals surface area (Å²) in [5.74, 6) is 0.253. The molecule has 7 heteroatoms. The molecule has 1 aromatic heterocycles. The molecule has 0 saturated heterocycles. The molecule has 0 aromatic carbocycles. The largest absolute Gasteiger partial charge is 0.395 e. The zero-order valence-electron chi connectivity index (χ0n) is 9.79. The summed E-state index contributed by atoms with van der Waals surface area (Å²) in [5.41, 5.74) is 5.38. The molecule has 0 aliphatic carbocycles. The average molecular weight is 259 g/mol. The lowest BCUT2D eigenvalue weighted by molar-refractivity contribution is 0.227. The van der Waals surface area contributed by atoms with Gasteiger partial charge in [0.05, 0.1) is 6.61 Å². The third kappa shape index (κ3) is 3.65. The maximum atomic E-state index is 11.9. The highest BCUT2D eigenvalue weighted by molar-refractivity contribution is 7.89. The van der Waals surface area contributed by atoms with Gasteiger partial charge >= 0.3 is 0 Å². The van der Waals surface area contributed by atoms with E-state index in [1.807, 2.05) is 13.8 Å². The molecular formula is C10H17N3O3S. The van der Waals surface area contributed by atoms with Crippen LogP contribution in [0.2, 0.25) is 0 Å². The summed E-state index contributed by atoms with van der Waals surface area (Å²) in [6.07, 6.45) is 1.19. The maximum Gasteiger partial charge on any atom is 0.242 e. The Morgan fingerprint density at radius 2 is 2.12 bits per heavy atom. The number of nitrogens with zero attached hydrogens (tertiary/aromatic N) is 1. The molecule has 1 aromatic rings. The van der Waals surface area contributed by atoms with E-state index in [-0.39, 0.29) is 23.2 Å². The van der Waals surface area contributed by atoms with Gasteiger partial charge in [0, 0.05) is 12.2 Å². The van der Waals surface area contributed by atoms with E-state index >= 15 is 0 Å². The van der Waals surface area contributed by atoms with Gasteiger partial charge in [0.25, 0.3) is 0 Å². The van der Waals surface area contributed by atoms with Crippen LogP contribution in [0.5, 0.6) is 0 Å². The number of hydrogen-bond acceptors (Lipinski definition) is 5. The molecule has 96 valence electrons. The van der Waals surface area contributed by atoms with Crippen molar-refractivity contribution in [2.45, 2.75) is 24.8 Å². The van der Waals surface area contributed by atoms with E-state index in [1.165, 1.54) is 18.3 Å². The highest BCUT2D eigenvalue weighted by Gasteiger charge is 2.21. The van der Waals surface area contributed by atoms with Crippen molar-refractivity contribution in [2.24, 2.45) is 5.92 Å². The molecule has 0 radical (unpaired) electrons. The van der Waals surface area contributed by atoms with Crippen molar-refractivity contribution in [1.29, 1.82) is 0 Å². The summed E-state index contributed by atoms with van der Waals surface area (Å²) in [6.45, 7) is 3.40. The number of anilines is 1. The van der Waals surface area contributed by atoms with Gasteiger partial charge in [0.15, 0.2) is 0 Å². The summed E-state index contributed by atoms with van der Waals surface area (Å²) in [4.78, 5) is 3.75. The molecule has 0 aliphatic heterocycles. The van der Waals surface area contributed by atoms with Gasteiger partial charge in [-0.05, 0) is 18.1 Å². The molecule has 0 fully saturated rings. The Morgan fingerprint density at radius 1 is 1.47 bits per heavy atom. The van der Waals surface area contributed by atoms with Gasteiger partial charge in [-0.1, -0.05) is 13.8 Å². The first-order chi connectivity index (χ1) is 7.86. The number of aliphatic hydroxyl groups excluding tert-OH is 1. The molecule has 0 amide bonds. The number of nitrogens with two attached hydrogens (primary N) is 1. The van der Waals surface area contributed by atoms with E-state index in [0.29, 0.717) is 0 Å². The molecule has 0 saturated carbocycles. The second-order valence-corrected chi connectivity index (χ2v) is 5.79. The van der Waals surface area contributed by atoms with Crippen molar-refractivity contribution < 1.29 is 13.5 Å². The number of nitrogen functional groups attached to an aromatic ring is 1. The minimum atomic E-state index is -3.66. The Balaban J connectivity index is 2.92. The standard InChI is InChI=1S/C10H17N3O3S/c1-7(2)9(6-14)13-17(15,16)8-3-4-10(11)12-5-8/h3-5,7,9,13-14H,6H2,1-2H3,(H2,11,12). The van der Waals surface area contributed by atoms with Crippen LogP contribution >= 0.6 is 0 Å². The van der Waals surface area contributed by atoms with Gasteiger partial charge in [0.1, 0.15) is 10.7 Å². The lowest BCUT2D eigenvalue weighted by Crippen LogP contribution is -2.41. The quantitative estimate of drug-likeness (QED) is 0.688. The van der Waals surface area contributed by atoms with Crippen LogP contribution < -0.4 is 10.5 Å². The van der Waals surface area contributed by atoms with E-state index in [4.69, 9.17) is 10.8 Å². The fraction of sp³-hybridized carbons (Fsp3) is 0.500. The second kappa shape index (κ2) is 5.44. The fourth-order valence-electron chi connectivity index (χ4n) is 1.20. The van der Waals surface area contributed by atoms with Crippen LogP contribution in [0.1, 0.15) is 13.8 Å². The van der Waals surface area contributed by atoms with Gasteiger partial charge in [-0.15, -0.1) is 0 Å². The lowest BCUT2D eigenvalue weighted by Gasteiger charge is -2.19. The highest BCUT2D eigenvalue weighted by atomic mass is 32.2. The van der Waals surface area contributed by atoms with Gasteiger partial charge in [-0.3, -0.25) is 0 Å². The third-order valence-electron chi connectivity index (χ3n) is 2.38. The van der Waals surface area contributed by atoms with Crippen molar-refractivity contribution in [2.75, 3.05) is 12.3 Å². The van der Waals surface area contributed by atoms with Gasteiger partial charge < -0.3 is 10.8 Å². The number of nitrogens with one attached hydrogen (secondary N) is 1. The molecule has 0 spiro atoms. The smallest absolute Gasteiger partial charge is 0.242 e. The van der Waals surface area contributed by atoms with Crippen LogP contribution in [-0.2, 0) is 10.0 Å². The van der Waals surface area contributed by atoms with Gasteiger partial charge in [-0.2, -0.15) is 0 Å². The van der Waals surface area contributed by atoms with Crippen molar-refractivity contribution >= 4 is 15.8 Å². The molecule has 1 heterocycles. The molecule has 1 rings (SSSR count). The van der Waals surface area contributed by atoms with Crippen molar-refractivity contribution in [3.63, 3.8) is 0 Å². The Labute approximate surface area is 101 Å². The lowest BCUT2D eigenvalue weighted by atomic mass is 10.1. The number of hydrogen-bond donors (Lipinski definition) is 3. The summed E-state index contributed by atoms with van der Waals surface area (Å²) in [7, 11) is -3.66. The van der Waals surface area contributed by atoms with Crippen LogP contribution in [0.4, 0.5) is 5.82 Å². The molecule has 1 unspecified atom stereocenters. The van der Waals surface area contributed by atoms with Gasteiger partial charge in [-0.25, -0.2) is 18.1 Å². The predicted octanol–water partition coefficient (Wildman–Crippen LogP) is -0.0410. The monoisotopic (exact) mass is 259 g/mol. The molecule has 6 nitrogen and oxygen atoms in total. The van der Waals surface area contributed by atoms with Crippen LogP contribution in [0.25, 0.3) is 0 Å². The van der Waals surface area contributed by atoms with E-state index in [0.717, 1.165) is 0 Å². The summed E-state index contributed by atoms with van der Waals surface area (Å²) in [6, 6.07) is 2.27. The third-order valence-corrected chi connectivity index (χ3v) is 3.85. The first-order valence-electron chi connectivity index (χ1n) is 5.21. The number of aliphatic hydroxyl groups is 1. The summed E-state index contributed by atoms with van der Waals surface area (Å²) >= 11 is 0. The molecule has 4 N–H and O–H groups in total. The first-order valence-corrected chi connectivity index (χ1v) is 6.70. The SMILES string of the molecule is CC(C)C(CO)NS(=O)(=O)c1ccc(N)nc1. The minimum Gasteiger partial charge on any atom is -0.395 e.